The second-order valence-electron chi connectivity index (χ2n) is 6.45. The van der Waals surface area contributed by atoms with Crippen LogP contribution in [-0.2, 0) is 6.42 Å². The van der Waals surface area contributed by atoms with E-state index in [1.165, 1.54) is 47.8 Å². The molecule has 2 N–H and O–H groups in total. The van der Waals surface area contributed by atoms with Gasteiger partial charge in [0, 0.05) is 24.0 Å². The maximum atomic E-state index is 6.18. The smallest absolute Gasteiger partial charge is 0.185 e. The quantitative estimate of drug-likeness (QED) is 0.901. The fraction of sp³-hybridized carbons (Fsp3) is 0.800. The summed E-state index contributed by atoms with van der Waals surface area (Å²) in [4.78, 5) is 8.77. The molecule has 1 saturated heterocycles. The number of aromatic nitrogens is 1. The van der Waals surface area contributed by atoms with Gasteiger partial charge in [-0.3, -0.25) is 0 Å². The molecule has 106 valence electrons. The largest absolute Gasteiger partial charge is 0.348 e. The molecule has 3 rings (SSSR count). The molecule has 0 radical (unpaired) electrons. The van der Waals surface area contributed by atoms with Crippen molar-refractivity contribution < 1.29 is 0 Å². The molecular weight excluding hydrogens is 254 g/mol. The predicted octanol–water partition coefficient (Wildman–Crippen LogP) is 3.50. The van der Waals surface area contributed by atoms with Crippen molar-refractivity contribution in [3.8, 4) is 0 Å². The Balaban J connectivity index is 1.74. The summed E-state index contributed by atoms with van der Waals surface area (Å²) in [5, 5.41) is 1.22. The van der Waals surface area contributed by atoms with E-state index in [1.54, 1.807) is 0 Å². The number of nitrogens with zero attached hydrogens (tertiary/aromatic N) is 2. The molecule has 0 amide bonds. The van der Waals surface area contributed by atoms with Crippen molar-refractivity contribution in [3.63, 3.8) is 0 Å². The highest BCUT2D eigenvalue weighted by Gasteiger charge is 2.30. The van der Waals surface area contributed by atoms with Crippen LogP contribution in [0.15, 0.2) is 0 Å². The van der Waals surface area contributed by atoms with Crippen LogP contribution in [0.5, 0.6) is 0 Å². The normalized spacial score (nSPS) is 26.3. The van der Waals surface area contributed by atoms with E-state index < -0.39 is 0 Å². The van der Waals surface area contributed by atoms with E-state index in [2.05, 4.69) is 18.7 Å². The van der Waals surface area contributed by atoms with Gasteiger partial charge in [0.05, 0.1) is 5.69 Å². The maximum absolute atomic E-state index is 6.18. The summed E-state index contributed by atoms with van der Waals surface area (Å²) in [6, 6.07) is 0.180. The van der Waals surface area contributed by atoms with Crippen LogP contribution in [0.2, 0.25) is 0 Å². The maximum Gasteiger partial charge on any atom is 0.185 e. The van der Waals surface area contributed by atoms with Crippen molar-refractivity contribution in [3.05, 3.63) is 10.6 Å². The van der Waals surface area contributed by atoms with Gasteiger partial charge in [0.2, 0.25) is 0 Å². The van der Waals surface area contributed by atoms with Crippen LogP contribution in [0.4, 0.5) is 5.13 Å². The number of aryl methyl sites for hydroxylation is 1. The van der Waals surface area contributed by atoms with Gasteiger partial charge in [0.15, 0.2) is 5.13 Å². The fourth-order valence-electron chi connectivity index (χ4n) is 3.17. The highest BCUT2D eigenvalue weighted by Crippen LogP contribution is 2.39. The van der Waals surface area contributed by atoms with Gasteiger partial charge in [0.1, 0.15) is 0 Å². The third-order valence-corrected chi connectivity index (χ3v) is 6.27. The topological polar surface area (TPSA) is 42.2 Å². The molecule has 19 heavy (non-hydrogen) atoms. The molecule has 2 aliphatic rings. The Labute approximate surface area is 120 Å². The molecule has 1 aromatic heterocycles. The first-order chi connectivity index (χ1) is 9.11. The molecule has 1 aromatic rings. The molecule has 1 fully saturated rings. The molecular formula is C15H25N3S. The number of fused-ring (bicyclic) bond motifs is 1. The van der Waals surface area contributed by atoms with Crippen molar-refractivity contribution in [1.82, 2.24) is 4.98 Å². The van der Waals surface area contributed by atoms with Crippen LogP contribution >= 0.6 is 11.3 Å². The van der Waals surface area contributed by atoms with Crippen LogP contribution in [0, 0.1) is 5.41 Å². The van der Waals surface area contributed by atoms with Crippen LogP contribution in [0.25, 0.3) is 0 Å². The lowest BCUT2D eigenvalue weighted by Crippen LogP contribution is -2.38. The van der Waals surface area contributed by atoms with Crippen LogP contribution in [0.1, 0.15) is 62.6 Å². The van der Waals surface area contributed by atoms with Crippen molar-refractivity contribution in [2.45, 2.75) is 58.4 Å². The Hall–Kier alpha value is -0.610. The average molecular weight is 279 g/mol. The Bertz CT molecular complexity index is 446. The minimum Gasteiger partial charge on any atom is -0.348 e. The third-order valence-electron chi connectivity index (χ3n) is 5.08. The van der Waals surface area contributed by atoms with E-state index in [4.69, 9.17) is 10.7 Å². The van der Waals surface area contributed by atoms with Gasteiger partial charge < -0.3 is 10.6 Å². The van der Waals surface area contributed by atoms with Gasteiger partial charge >= 0.3 is 0 Å². The van der Waals surface area contributed by atoms with Gasteiger partial charge in [-0.25, -0.2) is 4.98 Å². The van der Waals surface area contributed by atoms with E-state index in [0.717, 1.165) is 19.5 Å². The summed E-state index contributed by atoms with van der Waals surface area (Å²) in [5.74, 6) is 0. The number of nitrogens with two attached hydrogens (primary N) is 1. The van der Waals surface area contributed by atoms with E-state index in [-0.39, 0.29) is 6.04 Å². The van der Waals surface area contributed by atoms with Gasteiger partial charge in [-0.05, 0) is 37.5 Å². The van der Waals surface area contributed by atoms with Gasteiger partial charge in [0.25, 0.3) is 0 Å². The first-order valence-corrected chi connectivity index (χ1v) is 8.43. The van der Waals surface area contributed by atoms with E-state index in [9.17, 15) is 0 Å². The molecule has 0 saturated carbocycles. The zero-order valence-electron chi connectivity index (χ0n) is 12.1. The molecule has 1 aliphatic carbocycles. The Morgan fingerprint density at radius 2 is 2.16 bits per heavy atom. The van der Waals surface area contributed by atoms with Crippen molar-refractivity contribution >= 4 is 16.5 Å². The fourth-order valence-corrected chi connectivity index (χ4v) is 4.39. The lowest BCUT2D eigenvalue weighted by Gasteiger charge is -2.38. The number of piperidine rings is 1. The molecule has 3 nitrogen and oxygen atoms in total. The predicted molar refractivity (Wildman–Crippen MR) is 81.8 cm³/mol. The molecule has 1 aliphatic heterocycles. The van der Waals surface area contributed by atoms with Crippen LogP contribution in [-0.4, -0.2) is 18.1 Å². The minimum atomic E-state index is 0.180. The zero-order valence-corrected chi connectivity index (χ0v) is 12.9. The second-order valence-corrected chi connectivity index (χ2v) is 7.52. The second kappa shape index (κ2) is 5.06. The molecule has 2 heterocycles. The Morgan fingerprint density at radius 1 is 1.42 bits per heavy atom. The average Bonchev–Trinajstić information content (AvgIpc) is 2.85. The standard InChI is InChI=1S/C15H25N3S/c1-3-15(2)7-9-18(10-8-15)14-17-13-11(16)5-4-6-12(13)19-14/h11H,3-10,16H2,1-2H3. The molecule has 0 aromatic carbocycles. The monoisotopic (exact) mass is 279 g/mol. The number of thiazole rings is 1. The van der Waals surface area contributed by atoms with Gasteiger partial charge in [-0.1, -0.05) is 20.3 Å². The van der Waals surface area contributed by atoms with E-state index >= 15 is 0 Å². The van der Waals surface area contributed by atoms with Crippen molar-refractivity contribution in [1.29, 1.82) is 0 Å². The van der Waals surface area contributed by atoms with Crippen molar-refractivity contribution in [2.24, 2.45) is 11.1 Å². The Kier molecular flexibility index (Phi) is 3.56. The molecule has 0 bridgehead atoms. The van der Waals surface area contributed by atoms with Gasteiger partial charge in [-0.2, -0.15) is 0 Å². The summed E-state index contributed by atoms with van der Waals surface area (Å²) < 4.78 is 0. The van der Waals surface area contributed by atoms with Gasteiger partial charge in [-0.15, -0.1) is 11.3 Å². The van der Waals surface area contributed by atoms with Crippen LogP contribution < -0.4 is 10.6 Å². The number of hydrogen-bond acceptors (Lipinski definition) is 4. The SMILES string of the molecule is CCC1(C)CCN(c2nc3c(s2)CCCC3N)CC1. The summed E-state index contributed by atoms with van der Waals surface area (Å²) in [7, 11) is 0. The molecule has 1 unspecified atom stereocenters. The summed E-state index contributed by atoms with van der Waals surface area (Å²) in [5.41, 5.74) is 7.91. The lowest BCUT2D eigenvalue weighted by molar-refractivity contribution is 0.238. The number of hydrogen-bond donors (Lipinski definition) is 1. The highest BCUT2D eigenvalue weighted by molar-refractivity contribution is 7.15. The first-order valence-electron chi connectivity index (χ1n) is 7.61. The number of anilines is 1. The highest BCUT2D eigenvalue weighted by atomic mass is 32.1. The zero-order chi connectivity index (χ0) is 13.5. The summed E-state index contributed by atoms with van der Waals surface area (Å²) in [6.07, 6.45) is 7.38. The molecule has 1 atom stereocenters. The first kappa shape index (κ1) is 13.4. The summed E-state index contributed by atoms with van der Waals surface area (Å²) in [6.45, 7) is 7.06. The Morgan fingerprint density at radius 3 is 2.79 bits per heavy atom. The molecule has 4 heteroatoms. The summed E-state index contributed by atoms with van der Waals surface area (Å²) >= 11 is 1.89. The lowest BCUT2D eigenvalue weighted by atomic mass is 9.78. The third kappa shape index (κ3) is 2.52. The van der Waals surface area contributed by atoms with E-state index in [1.807, 2.05) is 11.3 Å². The van der Waals surface area contributed by atoms with Crippen LogP contribution in [0.3, 0.4) is 0 Å². The minimum absolute atomic E-state index is 0.180. The molecule has 0 spiro atoms. The number of rotatable bonds is 2. The van der Waals surface area contributed by atoms with Crippen molar-refractivity contribution in [2.75, 3.05) is 18.0 Å². The van der Waals surface area contributed by atoms with E-state index in [0.29, 0.717) is 5.41 Å².